The molecule has 2 aromatic heterocycles. The molecule has 236 valence electrons. The molecule has 1 fully saturated rings. The number of aromatic nitrogens is 5. The molecule has 3 amide bonds. The highest BCUT2D eigenvalue weighted by Gasteiger charge is 2.54. The van der Waals surface area contributed by atoms with Crippen molar-refractivity contribution in [3.8, 4) is 0 Å². The van der Waals surface area contributed by atoms with Crippen LogP contribution < -0.4 is 15.4 Å². The number of hydrogen-bond acceptors (Lipinski definition) is 16. The van der Waals surface area contributed by atoms with Crippen molar-refractivity contribution in [2.24, 2.45) is 17.6 Å². The molecule has 0 bridgehead atoms. The van der Waals surface area contributed by atoms with Gasteiger partial charge in [0.25, 0.3) is 11.8 Å². The van der Waals surface area contributed by atoms with Crippen LogP contribution in [-0.4, -0.2) is 102 Å². The second-order valence-corrected chi connectivity index (χ2v) is 13.0. The van der Waals surface area contributed by atoms with E-state index in [-0.39, 0.29) is 33.4 Å². The van der Waals surface area contributed by atoms with Crippen LogP contribution in [0.2, 0.25) is 0 Å². The number of nitrogens with zero attached hydrogens (tertiary/aromatic N) is 6. The maximum Gasteiger partial charge on any atom is 0.433 e. The molecule has 21 heteroatoms. The number of nitrogens with one attached hydrogen (secondary N) is 4. The predicted molar refractivity (Wildman–Crippen MR) is 155 cm³/mol. The van der Waals surface area contributed by atoms with Gasteiger partial charge in [0.1, 0.15) is 17.1 Å². The first kappa shape index (κ1) is 32.7. The lowest BCUT2D eigenvalue weighted by Gasteiger charge is -2.49. The minimum absolute atomic E-state index is 0.0122. The normalized spacial score (nSPS) is 18.2. The lowest BCUT2D eigenvalue weighted by molar-refractivity contribution is -0.173. The molecule has 0 aromatic carbocycles. The van der Waals surface area contributed by atoms with Crippen molar-refractivity contribution in [1.29, 1.82) is 5.41 Å². The van der Waals surface area contributed by atoms with Gasteiger partial charge in [0.15, 0.2) is 10.5 Å². The molecular weight excluding hydrogens is 641 g/mol. The summed E-state index contributed by atoms with van der Waals surface area (Å²) in [7, 11) is 2.96. The Labute approximate surface area is 261 Å². The number of rotatable bonds is 10. The van der Waals surface area contributed by atoms with E-state index in [1.807, 2.05) is 0 Å². The number of H-pyrrole nitrogens is 1. The van der Waals surface area contributed by atoms with Crippen LogP contribution >= 0.6 is 34.9 Å². The molecule has 4 rings (SSSR count). The van der Waals surface area contributed by atoms with Crippen molar-refractivity contribution in [2.45, 2.75) is 37.3 Å². The topological polar surface area (TPSA) is 236 Å². The zero-order valence-electron chi connectivity index (χ0n) is 24.0. The third-order valence-corrected chi connectivity index (χ3v) is 9.04. The number of oxime groups is 1. The molecule has 0 radical (unpaired) electrons. The van der Waals surface area contributed by atoms with Gasteiger partial charge in [-0.15, -0.1) is 28.2 Å². The van der Waals surface area contributed by atoms with Gasteiger partial charge in [-0.05, 0) is 36.8 Å². The molecule has 44 heavy (non-hydrogen) atoms. The summed E-state index contributed by atoms with van der Waals surface area (Å²) in [5.74, 6) is -2.43. The first-order chi connectivity index (χ1) is 20.8. The second kappa shape index (κ2) is 13.6. The van der Waals surface area contributed by atoms with Gasteiger partial charge in [-0.1, -0.05) is 16.9 Å². The number of amides is 3. The second-order valence-electron chi connectivity index (χ2n) is 10.1. The number of carbonyl (C=O) groups excluding carboxylic acids is 5. The number of thioether (sulfide) groups is 2. The van der Waals surface area contributed by atoms with E-state index in [4.69, 9.17) is 14.9 Å². The van der Waals surface area contributed by atoms with Crippen LogP contribution in [0.4, 0.5) is 4.79 Å². The molecule has 4 N–H and O–H groups in total. The fourth-order valence-corrected chi connectivity index (χ4v) is 6.58. The van der Waals surface area contributed by atoms with Gasteiger partial charge in [-0.25, -0.2) is 14.3 Å². The number of esters is 2. The number of hydrogen-bond donors (Lipinski definition) is 4. The minimum Gasteiger partial charge on any atom is -0.427 e. The van der Waals surface area contributed by atoms with Crippen molar-refractivity contribution < 1.29 is 38.3 Å². The van der Waals surface area contributed by atoms with Crippen LogP contribution in [0, 0.1) is 10.8 Å². The summed E-state index contributed by atoms with van der Waals surface area (Å²) in [6.07, 6.45) is -0.936. The van der Waals surface area contributed by atoms with Crippen molar-refractivity contribution in [3.63, 3.8) is 0 Å². The van der Waals surface area contributed by atoms with Crippen LogP contribution in [0.1, 0.15) is 26.5 Å². The van der Waals surface area contributed by atoms with Crippen LogP contribution in [0.3, 0.4) is 0 Å². The summed E-state index contributed by atoms with van der Waals surface area (Å²) in [6, 6.07) is -1.08. The fraction of sp³-hybridized carbons (Fsp3) is 0.478. The number of thiazole rings is 1. The quantitative estimate of drug-likeness (QED) is 0.0484. The van der Waals surface area contributed by atoms with Crippen molar-refractivity contribution >= 4 is 70.4 Å². The maximum atomic E-state index is 13.4. The molecule has 1 unspecified atom stereocenters. The number of tetrazole rings is 1. The molecule has 4 heterocycles. The number of β-lactam (4-membered cyclic amide) rings is 1. The van der Waals surface area contributed by atoms with Crippen molar-refractivity contribution in [2.75, 3.05) is 25.3 Å². The lowest BCUT2D eigenvalue weighted by Crippen LogP contribution is -2.71. The van der Waals surface area contributed by atoms with Crippen LogP contribution in [0.25, 0.3) is 0 Å². The van der Waals surface area contributed by atoms with Crippen LogP contribution in [0.5, 0.6) is 0 Å². The van der Waals surface area contributed by atoms with Crippen molar-refractivity contribution in [1.82, 2.24) is 40.7 Å². The average Bonchev–Trinajstić information content (AvgIpc) is 3.60. The largest absolute Gasteiger partial charge is 0.433 e. The van der Waals surface area contributed by atoms with Crippen molar-refractivity contribution in [3.05, 3.63) is 27.1 Å². The molecule has 2 atom stereocenters. The predicted octanol–water partition coefficient (Wildman–Crippen LogP) is -0.324. The SMILES string of the molecule is CNC(=O)ON=C(C(=O)NC1C(=O)N2C(C(=O)OCOC(=O)C(C)(C)C)=C(CSc3nnnn3C)CS[C@@H]12)c1csc(=N)[nH]1. The van der Waals surface area contributed by atoms with E-state index in [9.17, 15) is 24.0 Å². The van der Waals surface area contributed by atoms with Gasteiger partial charge >= 0.3 is 18.0 Å². The Balaban J connectivity index is 1.54. The zero-order chi connectivity index (χ0) is 32.2. The Bertz CT molecular complexity index is 1590. The average molecular weight is 669 g/mol. The Hall–Kier alpha value is -4.24. The molecule has 0 saturated carbocycles. The summed E-state index contributed by atoms with van der Waals surface area (Å²) in [4.78, 5) is 72.2. The number of ether oxygens (including phenoxy) is 2. The molecule has 2 aromatic rings. The smallest absolute Gasteiger partial charge is 0.427 e. The van der Waals surface area contributed by atoms with E-state index in [1.54, 1.807) is 27.8 Å². The van der Waals surface area contributed by atoms with Gasteiger partial charge < -0.3 is 25.1 Å². The van der Waals surface area contributed by atoms with E-state index in [0.717, 1.165) is 11.3 Å². The molecule has 1 saturated heterocycles. The van der Waals surface area contributed by atoms with Gasteiger partial charge in [-0.3, -0.25) is 29.5 Å². The lowest BCUT2D eigenvalue weighted by atomic mass is 9.98. The summed E-state index contributed by atoms with van der Waals surface area (Å²) >= 11 is 3.52. The Kier molecular flexibility index (Phi) is 10.1. The maximum absolute atomic E-state index is 13.4. The highest BCUT2D eigenvalue weighted by Crippen LogP contribution is 2.42. The monoisotopic (exact) mass is 668 g/mol. The van der Waals surface area contributed by atoms with Gasteiger partial charge in [0.2, 0.25) is 11.9 Å². The molecule has 18 nitrogen and oxygen atoms in total. The van der Waals surface area contributed by atoms with Gasteiger partial charge in [0.05, 0.1) is 11.1 Å². The number of fused-ring (bicyclic) bond motifs is 1. The highest BCUT2D eigenvalue weighted by atomic mass is 32.2. The van der Waals surface area contributed by atoms with Gasteiger partial charge in [-0.2, -0.15) is 0 Å². The third kappa shape index (κ3) is 7.27. The summed E-state index contributed by atoms with van der Waals surface area (Å²) in [5, 5.41) is 28.6. The molecular formula is C23H28N10O8S3. The summed E-state index contributed by atoms with van der Waals surface area (Å²) < 4.78 is 11.8. The first-order valence-electron chi connectivity index (χ1n) is 12.7. The van der Waals surface area contributed by atoms with E-state index < -0.39 is 53.5 Å². The molecule has 0 spiro atoms. The standard InChI is InChI=1S/C23H28N10O8S3/c1-23(2,3)19(37)40-9-39-18(36)14-10(7-44-21-28-30-31-32(21)5)6-42-17-13(16(35)33(14)17)27-15(34)12(29-41-22(38)25-4)11-8-43-20(24)26-11/h8,13,17H,6-7,9H2,1-5H3,(H2,24,26)(H,25,38)(H,27,34)/t13?,17-/m0/s1. The Morgan fingerprint density at radius 2 is 2.02 bits per heavy atom. The Morgan fingerprint density at radius 1 is 1.27 bits per heavy atom. The van der Waals surface area contributed by atoms with E-state index in [1.165, 1.54) is 45.5 Å². The number of carbonyl (C=O) groups is 5. The van der Waals surface area contributed by atoms with Gasteiger partial charge in [0, 0.05) is 31.0 Å². The van der Waals surface area contributed by atoms with E-state index >= 15 is 0 Å². The summed E-state index contributed by atoms with van der Waals surface area (Å²) in [5.41, 5.74) is -0.602. The van der Waals surface area contributed by atoms with E-state index in [2.05, 4.69) is 41.1 Å². The minimum atomic E-state index is -1.08. The summed E-state index contributed by atoms with van der Waals surface area (Å²) in [6.45, 7) is 4.28. The highest BCUT2D eigenvalue weighted by molar-refractivity contribution is 8.01. The zero-order valence-corrected chi connectivity index (χ0v) is 26.5. The van der Waals surface area contributed by atoms with E-state index in [0.29, 0.717) is 10.7 Å². The molecule has 0 aliphatic carbocycles. The Morgan fingerprint density at radius 3 is 2.64 bits per heavy atom. The first-order valence-corrected chi connectivity index (χ1v) is 15.6. The third-order valence-electron chi connectivity index (χ3n) is 5.91. The van der Waals surface area contributed by atoms with Crippen LogP contribution in [-0.2, 0) is 40.5 Å². The number of aryl methyl sites for hydroxylation is 1. The molecule has 2 aliphatic heterocycles. The van der Waals surface area contributed by atoms with Crippen LogP contribution in [0.15, 0.2) is 27.0 Å². The number of aromatic amines is 1. The fourth-order valence-electron chi connectivity index (χ4n) is 3.67. The molecule has 2 aliphatic rings.